The van der Waals surface area contributed by atoms with Gasteiger partial charge in [-0.25, -0.2) is 9.78 Å². The number of imidazole rings is 1. The topological polar surface area (TPSA) is 141 Å². The second kappa shape index (κ2) is 16.0. The third kappa shape index (κ3) is 9.92. The van der Waals surface area contributed by atoms with E-state index in [-0.39, 0.29) is 45.2 Å². The normalized spacial score (nSPS) is 15.0. The van der Waals surface area contributed by atoms with E-state index in [0.29, 0.717) is 19.0 Å². The summed E-state index contributed by atoms with van der Waals surface area (Å²) in [6, 6.07) is 17.8. The molecular formula is C33H46N6O5. The highest BCUT2D eigenvalue weighted by molar-refractivity contribution is 5.98. The van der Waals surface area contributed by atoms with Crippen molar-refractivity contribution >= 4 is 23.7 Å². The van der Waals surface area contributed by atoms with Crippen LogP contribution in [0, 0.1) is 5.92 Å². The zero-order chi connectivity index (χ0) is 30.8. The first-order chi connectivity index (χ1) is 20.6. The van der Waals surface area contributed by atoms with Gasteiger partial charge >= 0.3 is 6.09 Å². The first kappa shape index (κ1) is 34.3. The maximum Gasteiger partial charge on any atom is 0.409 e. The van der Waals surface area contributed by atoms with Crippen LogP contribution in [0.5, 0.6) is 0 Å². The molecular weight excluding hydrogens is 560 g/mol. The van der Waals surface area contributed by atoms with Crippen molar-refractivity contribution in [1.82, 2.24) is 19.8 Å². The van der Waals surface area contributed by atoms with Gasteiger partial charge in [0.05, 0.1) is 31.1 Å². The van der Waals surface area contributed by atoms with Crippen LogP contribution in [0.2, 0.25) is 0 Å². The van der Waals surface area contributed by atoms with Crippen LogP contribution in [0.15, 0.2) is 73.2 Å². The minimum absolute atomic E-state index is 0. The molecule has 4 rings (SSSR count). The molecule has 11 heteroatoms. The maximum absolute atomic E-state index is 13.3. The zero-order valence-corrected chi connectivity index (χ0v) is 25.1. The summed E-state index contributed by atoms with van der Waals surface area (Å²) in [5, 5.41) is 5.46. The van der Waals surface area contributed by atoms with Crippen molar-refractivity contribution in [3.8, 4) is 0 Å². The van der Waals surface area contributed by atoms with Crippen molar-refractivity contribution in [2.24, 2.45) is 11.7 Å². The van der Waals surface area contributed by atoms with Crippen LogP contribution < -0.4 is 16.4 Å². The summed E-state index contributed by atoms with van der Waals surface area (Å²) in [6.07, 6.45) is 4.83. The second-order valence-corrected chi connectivity index (χ2v) is 11.6. The highest BCUT2D eigenvalue weighted by Crippen LogP contribution is 2.22. The summed E-state index contributed by atoms with van der Waals surface area (Å²) in [5.41, 5.74) is 6.62. The number of hydrogen-bond acceptors (Lipinski definition) is 7. The molecule has 0 radical (unpaired) electrons. The number of carbonyl (C=O) groups is 3. The molecule has 1 unspecified atom stereocenters. The largest absolute Gasteiger partial charge is 0.447 e. The number of amides is 3. The Balaban J connectivity index is 0.00000529. The van der Waals surface area contributed by atoms with Gasteiger partial charge in [0.15, 0.2) is 5.82 Å². The Morgan fingerprint density at radius 2 is 1.66 bits per heavy atom. The summed E-state index contributed by atoms with van der Waals surface area (Å²) in [6.45, 7) is 6.98. The number of nitrogens with two attached hydrogens (primary N) is 1. The Morgan fingerprint density at radius 1 is 1.02 bits per heavy atom. The van der Waals surface area contributed by atoms with Crippen LogP contribution in [0.25, 0.3) is 0 Å². The van der Waals surface area contributed by atoms with E-state index in [4.69, 9.17) is 15.2 Å². The third-order valence-electron chi connectivity index (χ3n) is 7.41. The predicted molar refractivity (Wildman–Crippen MR) is 170 cm³/mol. The molecule has 238 valence electrons. The lowest BCUT2D eigenvalue weighted by Gasteiger charge is -2.30. The quantitative estimate of drug-likeness (QED) is 0.278. The first-order valence-corrected chi connectivity index (χ1v) is 14.6. The van der Waals surface area contributed by atoms with Crippen molar-refractivity contribution in [3.63, 3.8) is 0 Å². The predicted octanol–water partition coefficient (Wildman–Crippen LogP) is 4.35. The summed E-state index contributed by atoms with van der Waals surface area (Å²) >= 11 is 0. The molecule has 0 bridgehead atoms. The summed E-state index contributed by atoms with van der Waals surface area (Å²) in [5.74, 6) is -0.115. The number of nitrogens with zero attached hydrogens (tertiary/aromatic N) is 3. The lowest BCUT2D eigenvalue weighted by atomic mass is 10.00. The average molecular weight is 607 g/mol. The van der Waals surface area contributed by atoms with Crippen molar-refractivity contribution in [3.05, 3.63) is 84.3 Å². The molecule has 1 aromatic heterocycles. The fraction of sp³-hybridized carbons (Fsp3) is 0.455. The van der Waals surface area contributed by atoms with Gasteiger partial charge in [-0.2, -0.15) is 0 Å². The van der Waals surface area contributed by atoms with Gasteiger partial charge in [-0.05, 0) is 43.7 Å². The van der Waals surface area contributed by atoms with Crippen LogP contribution >= 0.6 is 0 Å². The standard InChI is InChI=1S/C32H42N6O5.CH4/c1-23-14-16-37(17-15-23)31(41)43-21-27(25-12-8-5-9-13-25)38-18-28(34-22-38)36-29(39)26(35-30(40)32(2,3)33)20-42-19-24-10-6-4-7-11-24;/h4-13,18,22-23,26-27H,14-17,19-21,33H2,1-3H3,(H,35,40)(H,36,39);1H4/t26-,27?;/m1./s1. The number of benzene rings is 2. The molecule has 44 heavy (non-hydrogen) atoms. The fourth-order valence-electron chi connectivity index (χ4n) is 4.64. The molecule has 0 saturated carbocycles. The molecule has 0 aliphatic carbocycles. The van der Waals surface area contributed by atoms with Gasteiger partial charge < -0.3 is 35.3 Å². The van der Waals surface area contributed by atoms with Crippen LogP contribution in [0.4, 0.5) is 10.6 Å². The second-order valence-electron chi connectivity index (χ2n) is 11.6. The van der Waals surface area contributed by atoms with Crippen LogP contribution in [-0.4, -0.2) is 70.2 Å². The molecule has 3 amide bonds. The molecule has 2 aromatic carbocycles. The highest BCUT2D eigenvalue weighted by atomic mass is 16.6. The number of likely N-dealkylation sites (tertiary alicyclic amines) is 1. The SMILES string of the molecule is C.CC1CCN(C(=O)OCC(c2ccccc2)n2cnc(NC(=O)[C@@H](COCc3ccccc3)NC(=O)C(C)(C)N)c2)CC1. The van der Waals surface area contributed by atoms with Crippen molar-refractivity contribution in [1.29, 1.82) is 0 Å². The maximum atomic E-state index is 13.3. The minimum atomic E-state index is -1.19. The number of hydrogen-bond donors (Lipinski definition) is 3. The molecule has 2 heterocycles. The Hall–Kier alpha value is -4.22. The van der Waals surface area contributed by atoms with E-state index in [9.17, 15) is 14.4 Å². The average Bonchev–Trinajstić information content (AvgIpc) is 3.45. The number of rotatable bonds is 12. The molecule has 2 atom stereocenters. The molecule has 3 aromatic rings. The van der Waals surface area contributed by atoms with Gasteiger partial charge in [-0.3, -0.25) is 9.59 Å². The number of nitrogens with one attached hydrogen (secondary N) is 2. The Bertz CT molecular complexity index is 1330. The van der Waals surface area contributed by atoms with Gasteiger partial charge in [0.25, 0.3) is 5.91 Å². The van der Waals surface area contributed by atoms with E-state index in [1.807, 2.05) is 60.7 Å². The smallest absolute Gasteiger partial charge is 0.409 e. The summed E-state index contributed by atoms with van der Waals surface area (Å²) in [4.78, 5) is 44.9. The summed E-state index contributed by atoms with van der Waals surface area (Å²) in [7, 11) is 0. The highest BCUT2D eigenvalue weighted by Gasteiger charge is 2.29. The first-order valence-electron chi connectivity index (χ1n) is 14.6. The number of anilines is 1. The van der Waals surface area contributed by atoms with Gasteiger partial charge in [0.1, 0.15) is 12.6 Å². The van der Waals surface area contributed by atoms with Crippen molar-refractivity contribution in [2.75, 3.05) is 31.6 Å². The Morgan fingerprint density at radius 3 is 2.30 bits per heavy atom. The molecule has 1 fully saturated rings. The van der Waals surface area contributed by atoms with E-state index in [0.717, 1.165) is 24.0 Å². The van der Waals surface area contributed by atoms with Crippen molar-refractivity contribution in [2.45, 2.75) is 65.3 Å². The van der Waals surface area contributed by atoms with Gasteiger partial charge in [0.2, 0.25) is 5.91 Å². The lowest BCUT2D eigenvalue weighted by Crippen LogP contribution is -2.56. The lowest BCUT2D eigenvalue weighted by molar-refractivity contribution is -0.130. The van der Waals surface area contributed by atoms with Crippen LogP contribution in [0.3, 0.4) is 0 Å². The van der Waals surface area contributed by atoms with Crippen LogP contribution in [0.1, 0.15) is 58.2 Å². The van der Waals surface area contributed by atoms with Gasteiger partial charge in [-0.1, -0.05) is 75.0 Å². The Kier molecular flexibility index (Phi) is 12.5. The molecule has 4 N–H and O–H groups in total. The molecule has 11 nitrogen and oxygen atoms in total. The monoisotopic (exact) mass is 606 g/mol. The van der Waals surface area contributed by atoms with Crippen molar-refractivity contribution < 1.29 is 23.9 Å². The summed E-state index contributed by atoms with van der Waals surface area (Å²) < 4.78 is 13.3. The molecule has 1 saturated heterocycles. The number of ether oxygens (including phenoxy) is 2. The van der Waals surface area contributed by atoms with E-state index in [1.165, 1.54) is 0 Å². The van der Waals surface area contributed by atoms with Gasteiger partial charge in [-0.15, -0.1) is 0 Å². The molecule has 0 spiro atoms. The zero-order valence-electron chi connectivity index (χ0n) is 25.1. The van der Waals surface area contributed by atoms with E-state index in [2.05, 4.69) is 22.5 Å². The minimum Gasteiger partial charge on any atom is -0.447 e. The van der Waals surface area contributed by atoms with E-state index >= 15 is 0 Å². The number of piperidine rings is 1. The fourth-order valence-corrected chi connectivity index (χ4v) is 4.64. The molecule has 1 aliphatic heterocycles. The molecule has 1 aliphatic rings. The number of aromatic nitrogens is 2. The van der Waals surface area contributed by atoms with E-state index in [1.54, 1.807) is 35.8 Å². The van der Waals surface area contributed by atoms with E-state index < -0.39 is 23.4 Å². The van der Waals surface area contributed by atoms with Gasteiger partial charge in [0, 0.05) is 19.3 Å². The third-order valence-corrected chi connectivity index (χ3v) is 7.41. The van der Waals surface area contributed by atoms with Crippen LogP contribution in [-0.2, 0) is 25.7 Å². The number of carbonyl (C=O) groups excluding carboxylic acids is 3. The Labute approximate surface area is 260 Å².